The topological polar surface area (TPSA) is 26.3 Å². The van der Waals surface area contributed by atoms with Crippen molar-refractivity contribution >= 4 is 28.6 Å². The van der Waals surface area contributed by atoms with E-state index in [1.165, 1.54) is 23.3 Å². The third-order valence-electron chi connectivity index (χ3n) is 3.56. The Morgan fingerprint density at radius 1 is 1.13 bits per heavy atom. The van der Waals surface area contributed by atoms with Crippen molar-refractivity contribution in [2.75, 3.05) is 4.43 Å². The van der Waals surface area contributed by atoms with Gasteiger partial charge in [0, 0.05) is 12.8 Å². The molecule has 2 nitrogen and oxygen atoms in total. The SMILES string of the molecule is CCCCCC(F)(F)/C=C\C(C)OC(=O)CCCCCCCI. The van der Waals surface area contributed by atoms with Crippen LogP contribution >= 0.6 is 22.6 Å². The Bertz CT molecular complexity index is 333. The summed E-state index contributed by atoms with van der Waals surface area (Å²) in [6, 6.07) is 0. The van der Waals surface area contributed by atoms with Gasteiger partial charge in [-0.1, -0.05) is 61.6 Å². The van der Waals surface area contributed by atoms with Crippen LogP contribution in [-0.2, 0) is 9.53 Å². The molecule has 0 fully saturated rings. The molecule has 0 heterocycles. The molecule has 0 spiro atoms. The number of rotatable bonds is 14. The van der Waals surface area contributed by atoms with Crippen LogP contribution in [0.15, 0.2) is 12.2 Å². The predicted molar refractivity (Wildman–Crippen MR) is 100 cm³/mol. The van der Waals surface area contributed by atoms with Crippen LogP contribution in [0.3, 0.4) is 0 Å². The van der Waals surface area contributed by atoms with Crippen molar-refractivity contribution in [3.05, 3.63) is 12.2 Å². The first kappa shape index (κ1) is 22.8. The molecule has 23 heavy (non-hydrogen) atoms. The van der Waals surface area contributed by atoms with Crippen LogP contribution in [0.5, 0.6) is 0 Å². The molecular formula is C18H31F2IO2. The molecule has 0 aromatic heterocycles. The van der Waals surface area contributed by atoms with E-state index >= 15 is 0 Å². The first-order valence-electron chi connectivity index (χ1n) is 8.74. The molecule has 0 N–H and O–H groups in total. The second kappa shape index (κ2) is 14.2. The number of alkyl halides is 3. The van der Waals surface area contributed by atoms with Crippen LogP contribution in [0.4, 0.5) is 8.78 Å². The molecule has 0 rings (SSSR count). The van der Waals surface area contributed by atoms with E-state index in [0.29, 0.717) is 12.8 Å². The molecule has 0 saturated carbocycles. The minimum Gasteiger partial charge on any atom is -0.458 e. The number of unbranched alkanes of at least 4 members (excludes halogenated alkanes) is 6. The molecule has 0 aromatic rings. The number of hydrogen-bond donors (Lipinski definition) is 0. The lowest BCUT2D eigenvalue weighted by Gasteiger charge is -2.13. The van der Waals surface area contributed by atoms with Gasteiger partial charge in [-0.15, -0.1) is 0 Å². The van der Waals surface area contributed by atoms with E-state index in [1.54, 1.807) is 6.92 Å². The average molecular weight is 444 g/mol. The number of halogens is 3. The van der Waals surface area contributed by atoms with Crippen molar-refractivity contribution < 1.29 is 18.3 Å². The summed E-state index contributed by atoms with van der Waals surface area (Å²) in [6.45, 7) is 3.61. The molecule has 0 aliphatic carbocycles. The van der Waals surface area contributed by atoms with Gasteiger partial charge in [0.25, 0.3) is 5.92 Å². The van der Waals surface area contributed by atoms with E-state index in [-0.39, 0.29) is 12.4 Å². The molecule has 0 aromatic carbocycles. The van der Waals surface area contributed by atoms with E-state index in [0.717, 1.165) is 38.2 Å². The smallest absolute Gasteiger partial charge is 0.306 e. The standard InChI is InChI=1S/C18H31F2IO2/c1-3-4-9-13-18(19,20)14-12-16(2)23-17(22)11-8-6-5-7-10-15-21/h12,14,16H,3-11,13,15H2,1-2H3/b14-12-. The normalized spacial score (nSPS) is 13.4. The Morgan fingerprint density at radius 2 is 1.78 bits per heavy atom. The molecule has 136 valence electrons. The number of carbonyl (C=O) groups excluding carboxylic acids is 1. The van der Waals surface area contributed by atoms with Crippen LogP contribution < -0.4 is 0 Å². The van der Waals surface area contributed by atoms with Gasteiger partial charge in [-0.2, -0.15) is 0 Å². The molecule has 0 aliphatic rings. The van der Waals surface area contributed by atoms with Crippen LogP contribution in [0, 0.1) is 0 Å². The molecule has 0 saturated heterocycles. The van der Waals surface area contributed by atoms with Gasteiger partial charge in [0.2, 0.25) is 0 Å². The zero-order chi connectivity index (χ0) is 17.6. The van der Waals surface area contributed by atoms with Gasteiger partial charge in [-0.3, -0.25) is 4.79 Å². The molecule has 0 radical (unpaired) electrons. The quantitative estimate of drug-likeness (QED) is 0.101. The summed E-state index contributed by atoms with van der Waals surface area (Å²) < 4.78 is 33.4. The van der Waals surface area contributed by atoms with Gasteiger partial charge in [-0.05, 0) is 42.8 Å². The highest BCUT2D eigenvalue weighted by atomic mass is 127. The second-order valence-electron chi connectivity index (χ2n) is 5.98. The van der Waals surface area contributed by atoms with Crippen molar-refractivity contribution in [3.8, 4) is 0 Å². The lowest BCUT2D eigenvalue weighted by molar-refractivity contribution is -0.146. The fourth-order valence-electron chi connectivity index (χ4n) is 2.17. The maximum absolute atomic E-state index is 13.6. The third-order valence-corrected chi connectivity index (χ3v) is 4.32. The fourth-order valence-corrected chi connectivity index (χ4v) is 2.71. The maximum atomic E-state index is 13.6. The second-order valence-corrected chi connectivity index (χ2v) is 7.06. The first-order chi connectivity index (χ1) is 10.9. The highest BCUT2D eigenvalue weighted by Gasteiger charge is 2.24. The van der Waals surface area contributed by atoms with Crippen molar-refractivity contribution in [2.24, 2.45) is 0 Å². The predicted octanol–water partition coefficient (Wildman–Crippen LogP) is 6.47. The van der Waals surface area contributed by atoms with Gasteiger partial charge in [0.05, 0.1) is 0 Å². The number of esters is 1. The number of allylic oxidation sites excluding steroid dienone is 1. The van der Waals surface area contributed by atoms with Gasteiger partial charge < -0.3 is 4.74 Å². The Labute approximate surface area is 153 Å². The lowest BCUT2D eigenvalue weighted by Crippen LogP contribution is -2.16. The largest absolute Gasteiger partial charge is 0.458 e. The van der Waals surface area contributed by atoms with Crippen molar-refractivity contribution in [2.45, 2.75) is 90.1 Å². The summed E-state index contributed by atoms with van der Waals surface area (Å²) in [7, 11) is 0. The monoisotopic (exact) mass is 444 g/mol. The zero-order valence-corrected chi connectivity index (χ0v) is 16.6. The highest BCUT2D eigenvalue weighted by Crippen LogP contribution is 2.23. The van der Waals surface area contributed by atoms with E-state index in [9.17, 15) is 13.6 Å². The van der Waals surface area contributed by atoms with Crippen molar-refractivity contribution in [1.29, 1.82) is 0 Å². The van der Waals surface area contributed by atoms with Crippen LogP contribution in [0.2, 0.25) is 0 Å². The van der Waals surface area contributed by atoms with E-state index in [1.807, 2.05) is 6.92 Å². The Morgan fingerprint density at radius 3 is 2.43 bits per heavy atom. The summed E-state index contributed by atoms with van der Waals surface area (Å²) in [6.07, 6.45) is 9.43. The van der Waals surface area contributed by atoms with Gasteiger partial charge in [0.15, 0.2) is 0 Å². The first-order valence-corrected chi connectivity index (χ1v) is 10.3. The van der Waals surface area contributed by atoms with E-state index in [4.69, 9.17) is 4.74 Å². The summed E-state index contributed by atoms with van der Waals surface area (Å²) in [4.78, 5) is 11.6. The minimum absolute atomic E-state index is 0.144. The zero-order valence-electron chi connectivity index (χ0n) is 14.5. The minimum atomic E-state index is -2.81. The summed E-state index contributed by atoms with van der Waals surface area (Å²) in [5.41, 5.74) is 0. The molecule has 1 unspecified atom stereocenters. The fraction of sp³-hybridized carbons (Fsp3) is 0.833. The van der Waals surface area contributed by atoms with Crippen molar-refractivity contribution in [1.82, 2.24) is 0 Å². The summed E-state index contributed by atoms with van der Waals surface area (Å²) >= 11 is 2.36. The van der Waals surface area contributed by atoms with E-state index in [2.05, 4.69) is 22.6 Å². The van der Waals surface area contributed by atoms with Gasteiger partial charge >= 0.3 is 5.97 Å². The van der Waals surface area contributed by atoms with Gasteiger partial charge in [0.1, 0.15) is 6.10 Å². The number of ether oxygens (including phenoxy) is 1. The molecule has 0 amide bonds. The summed E-state index contributed by atoms with van der Waals surface area (Å²) in [5, 5.41) is 0. The molecule has 0 aliphatic heterocycles. The van der Waals surface area contributed by atoms with Crippen molar-refractivity contribution in [3.63, 3.8) is 0 Å². The lowest BCUT2D eigenvalue weighted by atomic mass is 10.1. The maximum Gasteiger partial charge on any atom is 0.306 e. The Hall–Kier alpha value is -0.200. The van der Waals surface area contributed by atoms with Crippen LogP contribution in [-0.4, -0.2) is 22.4 Å². The summed E-state index contributed by atoms with van der Waals surface area (Å²) in [5.74, 6) is -3.11. The van der Waals surface area contributed by atoms with Crippen LogP contribution in [0.25, 0.3) is 0 Å². The number of hydrogen-bond acceptors (Lipinski definition) is 2. The molecule has 5 heteroatoms. The third kappa shape index (κ3) is 15.1. The average Bonchev–Trinajstić information content (AvgIpc) is 2.49. The molecular weight excluding hydrogens is 413 g/mol. The molecule has 0 bridgehead atoms. The van der Waals surface area contributed by atoms with Crippen LogP contribution in [0.1, 0.15) is 78.1 Å². The number of carbonyl (C=O) groups is 1. The van der Waals surface area contributed by atoms with Gasteiger partial charge in [-0.25, -0.2) is 8.78 Å². The Balaban J connectivity index is 3.87. The van der Waals surface area contributed by atoms with E-state index < -0.39 is 12.0 Å². The molecule has 1 atom stereocenters. The Kier molecular flexibility index (Phi) is 14.0. The highest BCUT2D eigenvalue weighted by molar-refractivity contribution is 14.1.